The Morgan fingerprint density at radius 2 is 1.82 bits per heavy atom. The van der Waals surface area contributed by atoms with E-state index < -0.39 is 0 Å². The minimum atomic E-state index is -0.264. The van der Waals surface area contributed by atoms with Crippen molar-refractivity contribution < 1.29 is 14.3 Å². The first-order valence-electron chi connectivity index (χ1n) is 14.8. The summed E-state index contributed by atoms with van der Waals surface area (Å²) in [6.07, 6.45) is 4.86. The third kappa shape index (κ3) is 5.20. The lowest BCUT2D eigenvalue weighted by Gasteiger charge is -2.18. The number of pyridine rings is 2. The van der Waals surface area contributed by atoms with Crippen molar-refractivity contribution in [2.75, 3.05) is 18.4 Å². The van der Waals surface area contributed by atoms with Gasteiger partial charge in [0.05, 0.1) is 11.7 Å². The number of hydrogen-bond acceptors (Lipinski definition) is 9. The van der Waals surface area contributed by atoms with Crippen LogP contribution in [-0.4, -0.2) is 50.4 Å². The smallest absolute Gasteiger partial charge is 0.227 e. The summed E-state index contributed by atoms with van der Waals surface area (Å²) in [4.78, 5) is 27.6. The van der Waals surface area contributed by atoms with Crippen molar-refractivity contribution in [1.82, 2.24) is 19.9 Å². The predicted molar refractivity (Wildman–Crippen MR) is 173 cm³/mol. The number of nitrogens with zero attached hydrogens (tertiary/aromatic N) is 5. The molecular weight excluding hydrogens is 564 g/mol. The molecule has 1 aliphatic heterocycles. The Labute approximate surface area is 259 Å². The predicted octanol–water partition coefficient (Wildman–Crippen LogP) is 6.72. The second-order valence-electron chi connectivity index (χ2n) is 11.5. The van der Waals surface area contributed by atoms with E-state index in [-0.39, 0.29) is 11.7 Å². The van der Waals surface area contributed by atoms with E-state index in [1.165, 1.54) is 6.07 Å². The highest BCUT2D eigenvalue weighted by atomic mass is 16.3. The maximum atomic E-state index is 11.4. The normalized spacial score (nSPS) is 15.0. The first-order chi connectivity index (χ1) is 21.9. The Morgan fingerprint density at radius 3 is 2.60 bits per heavy atom. The van der Waals surface area contributed by atoms with E-state index in [2.05, 4.69) is 50.3 Å². The molecule has 3 aromatic heterocycles. The molecule has 0 bridgehead atoms. The summed E-state index contributed by atoms with van der Waals surface area (Å²) in [7, 11) is 0. The van der Waals surface area contributed by atoms with Gasteiger partial charge in [0.15, 0.2) is 11.4 Å². The van der Waals surface area contributed by atoms with Gasteiger partial charge in [-0.15, -0.1) is 0 Å². The third-order valence-electron chi connectivity index (χ3n) is 8.60. The van der Waals surface area contributed by atoms with Crippen LogP contribution in [0, 0.1) is 25.2 Å². The molecule has 7 rings (SSSR count). The van der Waals surface area contributed by atoms with Gasteiger partial charge in [0.25, 0.3) is 0 Å². The Hall–Kier alpha value is -5.43. The van der Waals surface area contributed by atoms with Gasteiger partial charge in [0.1, 0.15) is 23.4 Å². The monoisotopic (exact) mass is 594 g/mol. The lowest BCUT2D eigenvalue weighted by atomic mass is 9.93. The number of oxazole rings is 1. The number of fused-ring (bicyclic) bond motifs is 2. The van der Waals surface area contributed by atoms with Gasteiger partial charge >= 0.3 is 0 Å². The van der Waals surface area contributed by atoms with Crippen molar-refractivity contribution >= 4 is 39.8 Å². The number of anilines is 2. The second-order valence-corrected chi connectivity index (χ2v) is 11.5. The number of nitrogens with one attached hydrogen (secondary N) is 1. The van der Waals surface area contributed by atoms with E-state index in [1.807, 2.05) is 49.5 Å². The zero-order valence-corrected chi connectivity index (χ0v) is 24.9. The summed E-state index contributed by atoms with van der Waals surface area (Å²) in [5, 5.41) is 24.2. The first kappa shape index (κ1) is 28.3. The minimum Gasteiger partial charge on any atom is -0.435 e. The summed E-state index contributed by atoms with van der Waals surface area (Å²) >= 11 is 0. The van der Waals surface area contributed by atoms with Crippen molar-refractivity contribution in [2.45, 2.75) is 32.9 Å². The first-order valence-corrected chi connectivity index (χ1v) is 14.8. The number of benzene rings is 3. The summed E-state index contributed by atoms with van der Waals surface area (Å²) < 4.78 is 6.09. The minimum absolute atomic E-state index is 0.264. The van der Waals surface area contributed by atoms with E-state index in [4.69, 9.17) is 4.42 Å². The molecule has 0 radical (unpaired) electrons. The molecule has 0 saturated carbocycles. The maximum Gasteiger partial charge on any atom is 0.227 e. The highest BCUT2D eigenvalue weighted by Crippen LogP contribution is 2.37. The van der Waals surface area contributed by atoms with Crippen molar-refractivity contribution in [3.8, 4) is 28.7 Å². The fourth-order valence-electron chi connectivity index (χ4n) is 6.23. The van der Waals surface area contributed by atoms with Crippen molar-refractivity contribution in [3.63, 3.8) is 0 Å². The number of carbonyl (C=O) groups is 1. The largest absolute Gasteiger partial charge is 0.435 e. The SMILES string of the molecule is Cc1c(Nc2nccc3c(CN4CC[C@H](O)C4)ccnc23)cccc1-c1cccc(-c2nc3cc(C=O)cc(C#N)c3o2)c1C. The van der Waals surface area contributed by atoms with Gasteiger partial charge in [-0.2, -0.15) is 5.26 Å². The Kier molecular flexibility index (Phi) is 7.29. The number of aldehydes is 1. The molecule has 0 unspecified atom stereocenters. The molecule has 1 fully saturated rings. The molecule has 45 heavy (non-hydrogen) atoms. The molecule has 1 aliphatic rings. The number of carbonyl (C=O) groups excluding carboxylic acids is 1. The van der Waals surface area contributed by atoms with Gasteiger partial charge in [-0.05, 0) is 84.5 Å². The highest BCUT2D eigenvalue weighted by molar-refractivity contribution is 5.93. The van der Waals surface area contributed by atoms with Crippen molar-refractivity contribution in [1.29, 1.82) is 5.26 Å². The second kappa shape index (κ2) is 11.6. The van der Waals surface area contributed by atoms with Crippen LogP contribution in [0.15, 0.2) is 77.5 Å². The highest BCUT2D eigenvalue weighted by Gasteiger charge is 2.22. The molecule has 1 atom stereocenters. The van der Waals surface area contributed by atoms with Gasteiger partial charge in [-0.25, -0.2) is 9.97 Å². The molecule has 2 N–H and O–H groups in total. The summed E-state index contributed by atoms with van der Waals surface area (Å²) in [5.41, 5.74) is 9.21. The van der Waals surface area contributed by atoms with Crippen LogP contribution in [0.1, 0.15) is 39.0 Å². The van der Waals surface area contributed by atoms with Crippen LogP contribution in [0.4, 0.5) is 11.5 Å². The van der Waals surface area contributed by atoms with E-state index >= 15 is 0 Å². The molecule has 4 heterocycles. The van der Waals surface area contributed by atoms with Crippen LogP contribution in [0.5, 0.6) is 0 Å². The standard InChI is InChI=1S/C36H30N6O3/c1-21-27(5-3-7-29(21)36-41-32-16-23(20-43)15-25(17-37)34(32)45-36)28-6-4-8-31(22(28)2)40-35-33-30(10-13-39-35)24(9-12-38-33)18-42-14-11-26(44)19-42/h3-10,12-13,15-16,20,26,44H,11,14,18-19H2,1-2H3,(H,39,40)/t26-/m0/s1. The third-order valence-corrected chi connectivity index (χ3v) is 8.60. The number of β-amino-alcohol motifs (C(OH)–C–C–N with tert-alkyl or cyclic N) is 1. The van der Waals surface area contributed by atoms with Crippen LogP contribution in [0.3, 0.4) is 0 Å². The molecule has 6 aromatic rings. The molecule has 9 heteroatoms. The number of aromatic nitrogens is 3. The zero-order valence-electron chi connectivity index (χ0n) is 24.9. The number of nitriles is 1. The number of likely N-dealkylation sites (tertiary alicyclic amines) is 1. The summed E-state index contributed by atoms with van der Waals surface area (Å²) in [6, 6.07) is 21.4. The lowest BCUT2D eigenvalue weighted by molar-refractivity contribution is 0.112. The van der Waals surface area contributed by atoms with Crippen LogP contribution in [-0.2, 0) is 6.54 Å². The van der Waals surface area contributed by atoms with Gasteiger partial charge in [-0.1, -0.05) is 24.3 Å². The molecule has 9 nitrogen and oxygen atoms in total. The average Bonchev–Trinajstić information content (AvgIpc) is 3.67. The van der Waals surface area contributed by atoms with Gasteiger partial charge in [0.2, 0.25) is 5.89 Å². The van der Waals surface area contributed by atoms with Crippen molar-refractivity contribution in [3.05, 3.63) is 101 Å². The fourth-order valence-corrected chi connectivity index (χ4v) is 6.23. The molecular formula is C36H30N6O3. The number of rotatable bonds is 7. The van der Waals surface area contributed by atoms with Crippen LogP contribution in [0.2, 0.25) is 0 Å². The molecule has 222 valence electrons. The Balaban J connectivity index is 1.24. The van der Waals surface area contributed by atoms with Gasteiger partial charge in [0, 0.05) is 54.2 Å². The molecule has 0 amide bonds. The topological polar surface area (TPSA) is 128 Å². The average molecular weight is 595 g/mol. The molecule has 1 saturated heterocycles. The molecule has 0 aliphatic carbocycles. The molecule has 3 aromatic carbocycles. The zero-order chi connectivity index (χ0) is 31.1. The Morgan fingerprint density at radius 1 is 1.04 bits per heavy atom. The fraction of sp³-hybridized carbons (Fsp3) is 0.194. The van der Waals surface area contributed by atoms with E-state index in [1.54, 1.807) is 12.3 Å². The quantitative estimate of drug-likeness (QED) is 0.194. The molecule has 0 spiro atoms. The van der Waals surface area contributed by atoms with Crippen LogP contribution >= 0.6 is 0 Å². The van der Waals surface area contributed by atoms with E-state index in [9.17, 15) is 15.2 Å². The summed E-state index contributed by atoms with van der Waals surface area (Å²) in [5.74, 6) is 1.07. The van der Waals surface area contributed by atoms with E-state index in [0.29, 0.717) is 41.2 Å². The number of aliphatic hydroxyl groups excluding tert-OH is 1. The Bertz CT molecular complexity index is 2150. The summed E-state index contributed by atoms with van der Waals surface area (Å²) in [6.45, 7) is 6.41. The maximum absolute atomic E-state index is 11.4. The van der Waals surface area contributed by atoms with Crippen LogP contribution < -0.4 is 5.32 Å². The number of hydrogen-bond donors (Lipinski definition) is 2. The van der Waals surface area contributed by atoms with Gasteiger partial charge < -0.3 is 14.8 Å². The van der Waals surface area contributed by atoms with Gasteiger partial charge in [-0.3, -0.25) is 14.7 Å². The number of aliphatic hydroxyl groups is 1. The lowest BCUT2D eigenvalue weighted by Crippen LogP contribution is -2.21. The van der Waals surface area contributed by atoms with Crippen molar-refractivity contribution in [2.24, 2.45) is 0 Å². The van der Waals surface area contributed by atoms with Crippen LogP contribution in [0.25, 0.3) is 44.6 Å². The van der Waals surface area contributed by atoms with E-state index in [0.717, 1.165) is 69.5 Å².